The molecule has 0 saturated carbocycles. The van der Waals surface area contributed by atoms with Crippen molar-refractivity contribution >= 4 is 35.0 Å². The molecule has 0 saturated heterocycles. The van der Waals surface area contributed by atoms with Crippen molar-refractivity contribution in [3.8, 4) is 0 Å². The predicted molar refractivity (Wildman–Crippen MR) is 78.1 cm³/mol. The van der Waals surface area contributed by atoms with Crippen LogP contribution in [0.5, 0.6) is 0 Å². The molecule has 0 aromatic heterocycles. The molecule has 0 amide bonds. The highest BCUT2D eigenvalue weighted by atomic mass is 35.5. The number of nitrogens with zero attached hydrogens (tertiary/aromatic N) is 2. The number of halogens is 2. The van der Waals surface area contributed by atoms with Gasteiger partial charge in [0.2, 0.25) is 0 Å². The number of hydrogen-bond donors (Lipinski definition) is 0. The van der Waals surface area contributed by atoms with Gasteiger partial charge in [-0.2, -0.15) is 0 Å². The normalized spacial score (nSPS) is 13.9. The zero-order valence-corrected chi connectivity index (χ0v) is 11.6. The summed E-state index contributed by atoms with van der Waals surface area (Å²) in [7, 11) is 0. The van der Waals surface area contributed by atoms with Crippen LogP contribution in [0.2, 0.25) is 10.0 Å². The molecule has 2 aromatic rings. The topological polar surface area (TPSA) is 43.2 Å². The molecule has 1 aliphatic heterocycles. The highest BCUT2D eigenvalue weighted by molar-refractivity contribution is 6.31. The average molecular weight is 307 g/mol. The fraction of sp³-hybridized carbons (Fsp3) is 0. The highest BCUT2D eigenvalue weighted by Gasteiger charge is 2.16. The molecule has 4 nitrogen and oxygen atoms in total. The third-order valence-corrected chi connectivity index (χ3v) is 3.12. The molecule has 0 spiro atoms. The molecule has 0 aliphatic carbocycles. The third-order valence-electron chi connectivity index (χ3n) is 2.61. The Labute approximate surface area is 125 Å². The minimum Gasteiger partial charge on any atom is -0.329 e. The second-order valence-corrected chi connectivity index (χ2v) is 4.86. The molecular formula is C14H8Cl2N2O2. The van der Waals surface area contributed by atoms with Gasteiger partial charge in [-0.25, -0.2) is 0 Å². The average Bonchev–Trinajstić information content (AvgIpc) is 2.49. The lowest BCUT2D eigenvalue weighted by Gasteiger charge is -2.11. The third kappa shape index (κ3) is 2.76. The van der Waals surface area contributed by atoms with Crippen molar-refractivity contribution in [2.45, 2.75) is 0 Å². The van der Waals surface area contributed by atoms with E-state index in [4.69, 9.17) is 32.9 Å². The van der Waals surface area contributed by atoms with E-state index in [2.05, 4.69) is 10.3 Å². The molecule has 0 unspecified atom stereocenters. The Morgan fingerprint density at radius 1 is 0.600 bits per heavy atom. The predicted octanol–water partition coefficient (Wildman–Crippen LogP) is 4.06. The van der Waals surface area contributed by atoms with Crippen LogP contribution in [-0.2, 0) is 9.68 Å². The summed E-state index contributed by atoms with van der Waals surface area (Å²) < 4.78 is 0. The van der Waals surface area contributed by atoms with Gasteiger partial charge >= 0.3 is 0 Å². The van der Waals surface area contributed by atoms with Crippen molar-refractivity contribution in [2.75, 3.05) is 0 Å². The van der Waals surface area contributed by atoms with Gasteiger partial charge in [-0.1, -0.05) is 23.2 Å². The molecule has 6 heteroatoms. The van der Waals surface area contributed by atoms with Gasteiger partial charge in [-0.15, -0.1) is 0 Å². The first-order valence-corrected chi connectivity index (χ1v) is 6.50. The van der Waals surface area contributed by atoms with Crippen LogP contribution in [0.15, 0.2) is 58.8 Å². The van der Waals surface area contributed by atoms with Crippen LogP contribution >= 0.6 is 23.2 Å². The molecule has 2 aromatic carbocycles. The van der Waals surface area contributed by atoms with Crippen LogP contribution in [0, 0.1) is 0 Å². The second-order valence-electron chi connectivity index (χ2n) is 3.99. The van der Waals surface area contributed by atoms with E-state index < -0.39 is 0 Å². The molecule has 1 aliphatic rings. The molecule has 0 radical (unpaired) electrons. The van der Waals surface area contributed by atoms with E-state index in [1.54, 1.807) is 48.5 Å². The van der Waals surface area contributed by atoms with Gasteiger partial charge < -0.3 is 9.68 Å². The Morgan fingerprint density at radius 2 is 0.950 bits per heavy atom. The first kappa shape index (κ1) is 13.0. The molecule has 1 heterocycles. The Bertz CT molecular complexity index is 618. The molecular weight excluding hydrogens is 299 g/mol. The first-order chi connectivity index (χ1) is 9.72. The van der Waals surface area contributed by atoms with Gasteiger partial charge in [0.1, 0.15) is 0 Å². The Morgan fingerprint density at radius 3 is 1.25 bits per heavy atom. The molecule has 0 atom stereocenters. The Balaban J connectivity index is 1.77. The molecule has 0 N–H and O–H groups in total. The molecule has 0 fully saturated rings. The van der Waals surface area contributed by atoms with Gasteiger partial charge in [0.05, 0.1) is 0 Å². The largest absolute Gasteiger partial charge is 0.329 e. The zero-order valence-electron chi connectivity index (χ0n) is 10.1. The van der Waals surface area contributed by atoms with E-state index in [0.717, 1.165) is 11.1 Å². The lowest BCUT2D eigenvalue weighted by atomic mass is 10.2. The Kier molecular flexibility index (Phi) is 3.58. The Hall–Kier alpha value is -2.04. The standard InChI is InChI=1S/C14H8Cl2N2O2/c15-11-5-1-9(2-6-11)13-17-20-14(18-19-13)10-3-7-12(16)8-4-10/h1-8H. The monoisotopic (exact) mass is 306 g/mol. The van der Waals surface area contributed by atoms with E-state index in [0.29, 0.717) is 10.0 Å². The maximum absolute atomic E-state index is 5.82. The van der Waals surface area contributed by atoms with E-state index in [1.165, 1.54) is 0 Å². The molecule has 100 valence electrons. The highest BCUT2D eigenvalue weighted by Crippen LogP contribution is 2.16. The molecule has 20 heavy (non-hydrogen) atoms. The van der Waals surface area contributed by atoms with E-state index in [-0.39, 0.29) is 11.8 Å². The van der Waals surface area contributed by atoms with Crippen LogP contribution in [0.25, 0.3) is 0 Å². The molecule has 0 bridgehead atoms. The quantitative estimate of drug-likeness (QED) is 0.839. The summed E-state index contributed by atoms with van der Waals surface area (Å²) in [4.78, 5) is 10.5. The summed E-state index contributed by atoms with van der Waals surface area (Å²) >= 11 is 11.6. The second kappa shape index (κ2) is 5.53. The van der Waals surface area contributed by atoms with Gasteiger partial charge in [-0.3, -0.25) is 0 Å². The molecule has 3 rings (SSSR count). The maximum Gasteiger partial charge on any atom is 0.291 e. The van der Waals surface area contributed by atoms with Crippen molar-refractivity contribution < 1.29 is 9.68 Å². The SMILES string of the molecule is Clc1ccc(C2=NOC(c3ccc(Cl)cc3)=NO2)cc1. The van der Waals surface area contributed by atoms with Crippen molar-refractivity contribution in [3.63, 3.8) is 0 Å². The van der Waals surface area contributed by atoms with Crippen LogP contribution in [-0.4, -0.2) is 11.8 Å². The van der Waals surface area contributed by atoms with E-state index in [1.807, 2.05) is 0 Å². The summed E-state index contributed by atoms with van der Waals surface area (Å²) in [5.41, 5.74) is 1.46. The van der Waals surface area contributed by atoms with E-state index >= 15 is 0 Å². The number of hydrogen-bond acceptors (Lipinski definition) is 4. The van der Waals surface area contributed by atoms with E-state index in [9.17, 15) is 0 Å². The number of oxime groups is 2. The lowest BCUT2D eigenvalue weighted by Crippen LogP contribution is -2.15. The summed E-state index contributed by atoms with van der Waals surface area (Å²) in [6, 6.07) is 14.0. The number of benzene rings is 2. The van der Waals surface area contributed by atoms with Crippen LogP contribution in [0.4, 0.5) is 0 Å². The zero-order chi connectivity index (χ0) is 13.9. The minimum absolute atomic E-state index is 0.277. The smallest absolute Gasteiger partial charge is 0.291 e. The van der Waals surface area contributed by atoms with Crippen LogP contribution in [0.1, 0.15) is 11.1 Å². The summed E-state index contributed by atoms with van der Waals surface area (Å²) in [5.74, 6) is 0.554. The first-order valence-electron chi connectivity index (χ1n) is 5.74. The van der Waals surface area contributed by atoms with Crippen molar-refractivity contribution in [3.05, 3.63) is 69.7 Å². The lowest BCUT2D eigenvalue weighted by molar-refractivity contribution is 0.219. The summed E-state index contributed by atoms with van der Waals surface area (Å²) in [6.45, 7) is 0. The van der Waals surface area contributed by atoms with Gasteiger partial charge in [0, 0.05) is 21.2 Å². The fourth-order valence-corrected chi connectivity index (χ4v) is 1.85. The summed E-state index contributed by atoms with van der Waals surface area (Å²) in [5, 5.41) is 9.07. The van der Waals surface area contributed by atoms with Gasteiger partial charge in [-0.05, 0) is 58.8 Å². The van der Waals surface area contributed by atoms with Gasteiger partial charge in [0.25, 0.3) is 11.8 Å². The van der Waals surface area contributed by atoms with Crippen LogP contribution in [0.3, 0.4) is 0 Å². The van der Waals surface area contributed by atoms with Crippen molar-refractivity contribution in [1.29, 1.82) is 0 Å². The number of rotatable bonds is 2. The minimum atomic E-state index is 0.277. The van der Waals surface area contributed by atoms with Crippen LogP contribution < -0.4 is 0 Å². The summed E-state index contributed by atoms with van der Waals surface area (Å²) in [6.07, 6.45) is 0. The van der Waals surface area contributed by atoms with Gasteiger partial charge in [0.15, 0.2) is 0 Å². The van der Waals surface area contributed by atoms with Crippen molar-refractivity contribution in [1.82, 2.24) is 0 Å². The van der Waals surface area contributed by atoms with Crippen molar-refractivity contribution in [2.24, 2.45) is 10.3 Å². The maximum atomic E-state index is 5.82. The fourth-order valence-electron chi connectivity index (χ4n) is 1.60.